The summed E-state index contributed by atoms with van der Waals surface area (Å²) in [5.74, 6) is 0. The number of hydrogen-bond donors (Lipinski definition) is 1. The zero-order valence-corrected chi connectivity index (χ0v) is 10.5. The first kappa shape index (κ1) is 10.9. The van der Waals surface area contributed by atoms with Crippen molar-refractivity contribution < 1.29 is 0 Å². The number of rotatable bonds is 3. The van der Waals surface area contributed by atoms with E-state index in [1.165, 1.54) is 30.4 Å². The Balaban J connectivity index is 1.72. The summed E-state index contributed by atoms with van der Waals surface area (Å²) in [5.41, 5.74) is 6.04. The van der Waals surface area contributed by atoms with Crippen LogP contribution in [0.5, 0.6) is 0 Å². The van der Waals surface area contributed by atoms with Gasteiger partial charge in [0.2, 0.25) is 0 Å². The lowest BCUT2D eigenvalue weighted by atomic mass is 9.88. The molecule has 2 nitrogen and oxygen atoms in total. The first-order chi connectivity index (χ1) is 8.43. The van der Waals surface area contributed by atoms with Gasteiger partial charge < -0.3 is 5.32 Å². The smallest absolute Gasteiger partial charge is 0.0795 e. The van der Waals surface area contributed by atoms with Gasteiger partial charge in [-0.1, -0.05) is 24.3 Å². The van der Waals surface area contributed by atoms with Gasteiger partial charge in [-0.3, -0.25) is 0 Å². The average Bonchev–Trinajstić information content (AvgIpc) is 2.89. The Kier molecular flexibility index (Phi) is 3.20. The molecule has 17 heavy (non-hydrogen) atoms. The Hall–Kier alpha value is -1.19. The maximum Gasteiger partial charge on any atom is 0.0795 e. The molecule has 3 rings (SSSR count). The Morgan fingerprint density at radius 3 is 3.18 bits per heavy atom. The quantitative estimate of drug-likeness (QED) is 0.896. The topological polar surface area (TPSA) is 24.9 Å². The van der Waals surface area contributed by atoms with Crippen LogP contribution in [0.4, 0.5) is 0 Å². The van der Waals surface area contributed by atoms with E-state index in [4.69, 9.17) is 0 Å². The molecule has 0 saturated heterocycles. The van der Waals surface area contributed by atoms with Gasteiger partial charge >= 0.3 is 0 Å². The van der Waals surface area contributed by atoms with Gasteiger partial charge in [-0.2, -0.15) is 0 Å². The van der Waals surface area contributed by atoms with Crippen LogP contribution in [0.2, 0.25) is 0 Å². The molecule has 1 aromatic heterocycles. The number of nitrogens with one attached hydrogen (secondary N) is 1. The molecule has 1 aromatic carbocycles. The molecule has 1 atom stereocenters. The Morgan fingerprint density at radius 1 is 1.35 bits per heavy atom. The number of fused-ring (bicyclic) bond motifs is 1. The molecule has 1 aliphatic carbocycles. The number of nitrogens with zero attached hydrogens (tertiary/aromatic N) is 1. The molecule has 1 heterocycles. The second-order valence-corrected chi connectivity index (χ2v) is 5.22. The monoisotopic (exact) mass is 244 g/mol. The largest absolute Gasteiger partial charge is 0.304 e. The SMILES string of the molecule is c1ccc2c(c1)CCCC2NCc1cscn1. The minimum atomic E-state index is 0.502. The Morgan fingerprint density at radius 2 is 2.29 bits per heavy atom. The summed E-state index contributed by atoms with van der Waals surface area (Å²) >= 11 is 1.66. The predicted octanol–water partition coefficient (Wildman–Crippen LogP) is 3.31. The predicted molar refractivity (Wildman–Crippen MR) is 71.1 cm³/mol. The van der Waals surface area contributed by atoms with Gasteiger partial charge in [0.25, 0.3) is 0 Å². The van der Waals surface area contributed by atoms with Crippen LogP contribution < -0.4 is 5.32 Å². The number of benzene rings is 1. The molecule has 1 aliphatic rings. The van der Waals surface area contributed by atoms with Gasteiger partial charge in [0, 0.05) is 18.0 Å². The van der Waals surface area contributed by atoms with Crippen LogP contribution >= 0.6 is 11.3 Å². The molecule has 0 amide bonds. The van der Waals surface area contributed by atoms with Crippen LogP contribution in [0, 0.1) is 0 Å². The summed E-state index contributed by atoms with van der Waals surface area (Å²) in [4.78, 5) is 4.31. The van der Waals surface area contributed by atoms with Crippen molar-refractivity contribution in [3.8, 4) is 0 Å². The molecular formula is C14H16N2S. The van der Waals surface area contributed by atoms with E-state index in [-0.39, 0.29) is 0 Å². The number of aromatic nitrogens is 1. The van der Waals surface area contributed by atoms with Crippen molar-refractivity contribution in [2.75, 3.05) is 0 Å². The second-order valence-electron chi connectivity index (χ2n) is 4.50. The van der Waals surface area contributed by atoms with E-state index in [1.807, 2.05) is 5.51 Å². The molecule has 88 valence electrons. The van der Waals surface area contributed by atoms with Crippen LogP contribution in [-0.2, 0) is 13.0 Å². The van der Waals surface area contributed by atoms with Crippen LogP contribution in [-0.4, -0.2) is 4.98 Å². The van der Waals surface area contributed by atoms with E-state index < -0.39 is 0 Å². The van der Waals surface area contributed by atoms with Gasteiger partial charge in [0.05, 0.1) is 11.2 Å². The highest BCUT2D eigenvalue weighted by Gasteiger charge is 2.18. The lowest BCUT2D eigenvalue weighted by Crippen LogP contribution is -2.24. The summed E-state index contributed by atoms with van der Waals surface area (Å²) in [7, 11) is 0. The maximum absolute atomic E-state index is 4.31. The Bertz CT molecular complexity index is 479. The lowest BCUT2D eigenvalue weighted by molar-refractivity contribution is 0.457. The Labute approximate surface area is 106 Å². The van der Waals surface area contributed by atoms with E-state index in [9.17, 15) is 0 Å². The summed E-state index contributed by atoms with van der Waals surface area (Å²) in [5, 5.41) is 5.74. The van der Waals surface area contributed by atoms with Gasteiger partial charge in [0.1, 0.15) is 0 Å². The average molecular weight is 244 g/mol. The van der Waals surface area contributed by atoms with Crippen molar-refractivity contribution in [1.29, 1.82) is 0 Å². The van der Waals surface area contributed by atoms with Gasteiger partial charge in [0.15, 0.2) is 0 Å². The fourth-order valence-electron chi connectivity index (χ4n) is 2.52. The highest BCUT2D eigenvalue weighted by Crippen LogP contribution is 2.29. The van der Waals surface area contributed by atoms with Crippen LogP contribution in [0.25, 0.3) is 0 Å². The molecule has 0 bridgehead atoms. The fraction of sp³-hybridized carbons (Fsp3) is 0.357. The zero-order chi connectivity index (χ0) is 11.5. The van der Waals surface area contributed by atoms with Crippen molar-refractivity contribution in [3.05, 3.63) is 52.0 Å². The number of thiazole rings is 1. The van der Waals surface area contributed by atoms with E-state index in [0.29, 0.717) is 6.04 Å². The molecular weight excluding hydrogens is 228 g/mol. The van der Waals surface area contributed by atoms with Gasteiger partial charge in [-0.25, -0.2) is 4.98 Å². The maximum atomic E-state index is 4.31. The zero-order valence-electron chi connectivity index (χ0n) is 9.73. The third-order valence-corrected chi connectivity index (χ3v) is 4.02. The summed E-state index contributed by atoms with van der Waals surface area (Å²) in [6, 6.07) is 9.30. The first-order valence-corrected chi connectivity index (χ1v) is 7.06. The van der Waals surface area contributed by atoms with Crippen LogP contribution in [0.15, 0.2) is 35.2 Å². The van der Waals surface area contributed by atoms with E-state index >= 15 is 0 Å². The summed E-state index contributed by atoms with van der Waals surface area (Å²) < 4.78 is 0. The summed E-state index contributed by atoms with van der Waals surface area (Å²) in [6.45, 7) is 0.877. The molecule has 3 heteroatoms. The molecule has 2 aromatic rings. The van der Waals surface area contributed by atoms with Crippen LogP contribution in [0.3, 0.4) is 0 Å². The van der Waals surface area contributed by atoms with Crippen LogP contribution in [0.1, 0.15) is 35.7 Å². The third kappa shape index (κ3) is 2.40. The third-order valence-electron chi connectivity index (χ3n) is 3.38. The minimum Gasteiger partial charge on any atom is -0.304 e. The minimum absolute atomic E-state index is 0.502. The van der Waals surface area contributed by atoms with Crippen molar-refractivity contribution >= 4 is 11.3 Å². The molecule has 0 saturated carbocycles. The molecule has 0 aliphatic heterocycles. The van der Waals surface area contributed by atoms with Crippen molar-refractivity contribution in [2.24, 2.45) is 0 Å². The fourth-order valence-corrected chi connectivity index (χ4v) is 3.08. The molecule has 0 fully saturated rings. The lowest BCUT2D eigenvalue weighted by Gasteiger charge is -2.26. The van der Waals surface area contributed by atoms with Gasteiger partial charge in [-0.15, -0.1) is 11.3 Å². The van der Waals surface area contributed by atoms with E-state index in [1.54, 1.807) is 11.3 Å². The highest BCUT2D eigenvalue weighted by atomic mass is 32.1. The normalized spacial score (nSPS) is 18.9. The first-order valence-electron chi connectivity index (χ1n) is 6.12. The molecule has 0 spiro atoms. The van der Waals surface area contributed by atoms with Gasteiger partial charge in [-0.05, 0) is 30.4 Å². The molecule has 0 radical (unpaired) electrons. The standard InChI is InChI=1S/C14H16N2S/c1-2-6-13-11(4-1)5-3-7-14(13)15-8-12-9-17-10-16-12/h1-2,4,6,9-10,14-15H,3,5,7-8H2. The summed E-state index contributed by atoms with van der Waals surface area (Å²) in [6.07, 6.45) is 3.75. The van der Waals surface area contributed by atoms with E-state index in [2.05, 4.69) is 39.9 Å². The van der Waals surface area contributed by atoms with E-state index in [0.717, 1.165) is 12.2 Å². The van der Waals surface area contributed by atoms with Crippen molar-refractivity contribution in [3.63, 3.8) is 0 Å². The molecule has 1 N–H and O–H groups in total. The van der Waals surface area contributed by atoms with Crippen molar-refractivity contribution in [2.45, 2.75) is 31.8 Å². The highest BCUT2D eigenvalue weighted by molar-refractivity contribution is 7.07. The second kappa shape index (κ2) is 4.98. The van der Waals surface area contributed by atoms with Crippen molar-refractivity contribution in [1.82, 2.24) is 10.3 Å². The molecule has 1 unspecified atom stereocenters. The number of hydrogen-bond acceptors (Lipinski definition) is 3. The number of aryl methyl sites for hydroxylation is 1.